The Morgan fingerprint density at radius 2 is 1.95 bits per heavy atom. The SMILES string of the molecule is CCNCCCCS(=O)(=O)N1CC(C)C(N(C)C)C1. The lowest BCUT2D eigenvalue weighted by molar-refractivity contribution is 0.263. The predicted octanol–water partition coefficient (Wildman–Crippen LogP) is 0.588. The quantitative estimate of drug-likeness (QED) is 0.665. The van der Waals surface area contributed by atoms with Crippen molar-refractivity contribution in [2.45, 2.75) is 32.7 Å². The van der Waals surface area contributed by atoms with E-state index in [-0.39, 0.29) is 5.75 Å². The number of hydrogen-bond donors (Lipinski definition) is 1. The van der Waals surface area contributed by atoms with E-state index in [0.717, 1.165) is 25.9 Å². The molecule has 1 saturated heterocycles. The molecule has 1 heterocycles. The lowest BCUT2D eigenvalue weighted by Gasteiger charge is -2.22. The third-order valence-electron chi connectivity index (χ3n) is 3.85. The third-order valence-corrected chi connectivity index (χ3v) is 5.74. The number of nitrogens with one attached hydrogen (secondary N) is 1. The van der Waals surface area contributed by atoms with Crippen molar-refractivity contribution in [2.75, 3.05) is 46.0 Å². The highest BCUT2D eigenvalue weighted by molar-refractivity contribution is 7.89. The van der Waals surface area contributed by atoms with E-state index in [1.165, 1.54) is 0 Å². The molecule has 0 aromatic carbocycles. The van der Waals surface area contributed by atoms with Crippen LogP contribution in [0.25, 0.3) is 0 Å². The molecule has 0 amide bonds. The summed E-state index contributed by atoms with van der Waals surface area (Å²) >= 11 is 0. The Kier molecular flexibility index (Phi) is 6.73. The van der Waals surface area contributed by atoms with Gasteiger partial charge in [-0.05, 0) is 45.9 Å². The fourth-order valence-electron chi connectivity index (χ4n) is 2.65. The van der Waals surface area contributed by atoms with Crippen LogP contribution < -0.4 is 5.32 Å². The minimum atomic E-state index is -3.07. The zero-order chi connectivity index (χ0) is 14.5. The van der Waals surface area contributed by atoms with Crippen molar-refractivity contribution in [3.63, 3.8) is 0 Å². The van der Waals surface area contributed by atoms with E-state index in [0.29, 0.717) is 25.0 Å². The fourth-order valence-corrected chi connectivity index (χ4v) is 4.31. The van der Waals surface area contributed by atoms with Crippen molar-refractivity contribution >= 4 is 10.0 Å². The van der Waals surface area contributed by atoms with Crippen LogP contribution in [0.1, 0.15) is 26.7 Å². The van der Waals surface area contributed by atoms with Crippen molar-refractivity contribution < 1.29 is 8.42 Å². The molecule has 1 rings (SSSR count). The maximum absolute atomic E-state index is 12.3. The highest BCUT2D eigenvalue weighted by Gasteiger charge is 2.36. The molecule has 0 bridgehead atoms. The van der Waals surface area contributed by atoms with E-state index < -0.39 is 10.0 Å². The summed E-state index contributed by atoms with van der Waals surface area (Å²) in [5.74, 6) is 0.692. The Morgan fingerprint density at radius 1 is 1.26 bits per heavy atom. The summed E-state index contributed by atoms with van der Waals surface area (Å²) in [7, 11) is 0.975. The van der Waals surface area contributed by atoms with Gasteiger partial charge in [0.15, 0.2) is 0 Å². The zero-order valence-corrected chi connectivity index (χ0v) is 13.5. The first-order valence-electron chi connectivity index (χ1n) is 7.23. The van der Waals surface area contributed by atoms with Gasteiger partial charge in [-0.2, -0.15) is 0 Å². The Hall–Kier alpha value is -0.170. The van der Waals surface area contributed by atoms with E-state index >= 15 is 0 Å². The number of unbranched alkanes of at least 4 members (excludes halogenated alkanes) is 1. The van der Waals surface area contributed by atoms with Crippen LogP contribution in [0.4, 0.5) is 0 Å². The van der Waals surface area contributed by atoms with Gasteiger partial charge in [0.2, 0.25) is 10.0 Å². The molecular formula is C13H29N3O2S. The van der Waals surface area contributed by atoms with E-state index in [1.54, 1.807) is 4.31 Å². The van der Waals surface area contributed by atoms with Gasteiger partial charge in [0.25, 0.3) is 0 Å². The number of likely N-dealkylation sites (N-methyl/N-ethyl adjacent to an activating group) is 1. The first kappa shape index (κ1) is 16.9. The summed E-state index contributed by atoms with van der Waals surface area (Å²) < 4.78 is 26.2. The number of nitrogens with zero attached hydrogens (tertiary/aromatic N) is 2. The zero-order valence-electron chi connectivity index (χ0n) is 12.7. The second kappa shape index (κ2) is 7.57. The summed E-state index contributed by atoms with van der Waals surface area (Å²) in [6, 6.07) is 0.344. The Morgan fingerprint density at radius 3 is 2.47 bits per heavy atom. The molecule has 1 fully saturated rings. The van der Waals surface area contributed by atoms with Gasteiger partial charge in [0.05, 0.1) is 5.75 Å². The molecule has 6 heteroatoms. The molecule has 2 unspecified atom stereocenters. The average molecular weight is 291 g/mol. The summed E-state index contributed by atoms with van der Waals surface area (Å²) in [4.78, 5) is 2.13. The van der Waals surface area contributed by atoms with Crippen LogP contribution in [0.3, 0.4) is 0 Å². The topological polar surface area (TPSA) is 52.7 Å². The third kappa shape index (κ3) is 5.02. The van der Waals surface area contributed by atoms with Gasteiger partial charge in [0, 0.05) is 19.1 Å². The maximum atomic E-state index is 12.3. The second-order valence-electron chi connectivity index (χ2n) is 5.70. The Bertz CT molecular complexity index is 357. The molecule has 19 heavy (non-hydrogen) atoms. The van der Waals surface area contributed by atoms with Crippen LogP contribution in [0.5, 0.6) is 0 Å². The molecular weight excluding hydrogens is 262 g/mol. The van der Waals surface area contributed by atoms with Crippen LogP contribution in [0.15, 0.2) is 0 Å². The molecule has 1 aliphatic rings. The van der Waals surface area contributed by atoms with E-state index in [4.69, 9.17) is 0 Å². The minimum absolute atomic E-state index is 0.283. The monoisotopic (exact) mass is 291 g/mol. The van der Waals surface area contributed by atoms with Gasteiger partial charge in [-0.3, -0.25) is 0 Å². The van der Waals surface area contributed by atoms with Crippen LogP contribution in [-0.4, -0.2) is 69.7 Å². The first-order valence-corrected chi connectivity index (χ1v) is 8.84. The molecule has 0 aromatic heterocycles. The van der Waals surface area contributed by atoms with E-state index in [9.17, 15) is 8.42 Å². The number of rotatable bonds is 8. The van der Waals surface area contributed by atoms with Crippen molar-refractivity contribution in [1.82, 2.24) is 14.5 Å². The fraction of sp³-hybridized carbons (Fsp3) is 1.00. The van der Waals surface area contributed by atoms with E-state index in [1.807, 2.05) is 14.1 Å². The molecule has 1 N–H and O–H groups in total. The summed E-state index contributed by atoms with van der Waals surface area (Å²) in [5, 5.41) is 3.22. The molecule has 0 aliphatic carbocycles. The lowest BCUT2D eigenvalue weighted by Crippen LogP contribution is -2.36. The van der Waals surface area contributed by atoms with Crippen LogP contribution in [-0.2, 0) is 10.0 Å². The molecule has 114 valence electrons. The molecule has 0 radical (unpaired) electrons. The lowest BCUT2D eigenvalue weighted by atomic mass is 10.1. The molecule has 1 aliphatic heterocycles. The van der Waals surface area contributed by atoms with Crippen LogP contribution in [0, 0.1) is 5.92 Å². The van der Waals surface area contributed by atoms with Crippen LogP contribution >= 0.6 is 0 Å². The molecule has 0 spiro atoms. The van der Waals surface area contributed by atoms with E-state index in [2.05, 4.69) is 24.1 Å². The normalized spacial score (nSPS) is 25.3. The maximum Gasteiger partial charge on any atom is 0.214 e. The van der Waals surface area contributed by atoms with Crippen molar-refractivity contribution in [3.8, 4) is 0 Å². The standard InChI is InChI=1S/C13H29N3O2S/c1-5-14-8-6-7-9-19(17,18)16-10-12(2)13(11-16)15(3)4/h12-14H,5-11H2,1-4H3. The molecule has 5 nitrogen and oxygen atoms in total. The number of sulfonamides is 1. The smallest absolute Gasteiger partial charge is 0.214 e. The van der Waals surface area contributed by atoms with Gasteiger partial charge in [-0.15, -0.1) is 0 Å². The molecule has 2 atom stereocenters. The van der Waals surface area contributed by atoms with Crippen molar-refractivity contribution in [2.24, 2.45) is 5.92 Å². The summed E-state index contributed by atoms with van der Waals surface area (Å²) in [5.41, 5.74) is 0. The van der Waals surface area contributed by atoms with Gasteiger partial charge in [0.1, 0.15) is 0 Å². The van der Waals surface area contributed by atoms with Crippen LogP contribution in [0.2, 0.25) is 0 Å². The molecule has 0 saturated carbocycles. The van der Waals surface area contributed by atoms with Crippen molar-refractivity contribution in [1.29, 1.82) is 0 Å². The highest BCUT2D eigenvalue weighted by Crippen LogP contribution is 2.23. The highest BCUT2D eigenvalue weighted by atomic mass is 32.2. The first-order chi connectivity index (χ1) is 8.88. The average Bonchev–Trinajstić information content (AvgIpc) is 2.72. The van der Waals surface area contributed by atoms with Gasteiger partial charge in [-0.25, -0.2) is 12.7 Å². The summed E-state index contributed by atoms with van der Waals surface area (Å²) in [6.45, 7) is 7.35. The second-order valence-corrected chi connectivity index (χ2v) is 7.79. The van der Waals surface area contributed by atoms with Gasteiger partial charge in [-0.1, -0.05) is 13.8 Å². The largest absolute Gasteiger partial charge is 0.317 e. The minimum Gasteiger partial charge on any atom is -0.317 e. The van der Waals surface area contributed by atoms with Gasteiger partial charge < -0.3 is 10.2 Å². The summed E-state index contributed by atoms with van der Waals surface area (Å²) in [6.07, 6.45) is 1.67. The number of hydrogen-bond acceptors (Lipinski definition) is 4. The predicted molar refractivity (Wildman–Crippen MR) is 79.8 cm³/mol. The molecule has 0 aromatic rings. The van der Waals surface area contributed by atoms with Crippen molar-refractivity contribution in [3.05, 3.63) is 0 Å². The van der Waals surface area contributed by atoms with Gasteiger partial charge >= 0.3 is 0 Å². The Labute approximate surface area is 118 Å². The Balaban J connectivity index is 2.41.